The Bertz CT molecular complexity index is 1780. The van der Waals surface area contributed by atoms with Crippen molar-refractivity contribution >= 4 is 23.0 Å². The predicted octanol–water partition coefficient (Wildman–Crippen LogP) is 8.10. The van der Waals surface area contributed by atoms with Crippen LogP contribution in [0.4, 0.5) is 5.69 Å². The maximum absolute atomic E-state index is 10.2. The summed E-state index contributed by atoms with van der Waals surface area (Å²) in [4.78, 5) is 6.90. The first-order chi connectivity index (χ1) is 20.6. The Hall–Kier alpha value is -5.35. The fourth-order valence-corrected chi connectivity index (χ4v) is 5.94. The van der Waals surface area contributed by atoms with Crippen LogP contribution in [0.15, 0.2) is 137 Å². The van der Waals surface area contributed by atoms with Crippen LogP contribution in [-0.2, 0) is 6.54 Å². The van der Waals surface area contributed by atoms with Crippen molar-refractivity contribution in [3.05, 3.63) is 154 Å². The third-order valence-electron chi connectivity index (χ3n) is 6.99. The lowest BCUT2D eigenvalue weighted by molar-refractivity contribution is -0.697. The van der Waals surface area contributed by atoms with Crippen molar-refractivity contribution in [1.82, 2.24) is 0 Å². The molecule has 1 aliphatic heterocycles. The summed E-state index contributed by atoms with van der Waals surface area (Å²) in [7, 11) is 0. The summed E-state index contributed by atoms with van der Waals surface area (Å²) in [5, 5.41) is 20.9. The van der Waals surface area contributed by atoms with Crippen LogP contribution < -0.4 is 9.47 Å². The van der Waals surface area contributed by atoms with E-state index in [1.807, 2.05) is 79.7 Å². The molecule has 0 bridgehead atoms. The lowest BCUT2D eigenvalue weighted by atomic mass is 9.95. The van der Waals surface area contributed by atoms with Gasteiger partial charge in [0.05, 0.1) is 35.0 Å². The normalized spacial score (nSPS) is 14.0. The van der Waals surface area contributed by atoms with Gasteiger partial charge in [-0.15, -0.1) is 0 Å². The van der Waals surface area contributed by atoms with E-state index in [-0.39, 0.29) is 11.3 Å². The summed E-state index contributed by atoms with van der Waals surface area (Å²) in [5.74, 6) is 0. The van der Waals surface area contributed by atoms with Crippen LogP contribution in [0.25, 0.3) is 21.5 Å². The third kappa shape index (κ3) is 6.34. The Balaban J connectivity index is 1.53. The van der Waals surface area contributed by atoms with Gasteiger partial charge >= 0.3 is 0 Å². The summed E-state index contributed by atoms with van der Waals surface area (Å²) in [6, 6.07) is 34.7. The number of allylic oxidation sites excluding steroid dienone is 5. The quantitative estimate of drug-likeness (QED) is 0.0942. The number of anilines is 1. The van der Waals surface area contributed by atoms with Crippen LogP contribution in [0.3, 0.4) is 0 Å². The number of rotatable bonds is 8. The van der Waals surface area contributed by atoms with Crippen LogP contribution in [-0.4, -0.2) is 6.54 Å². The van der Waals surface area contributed by atoms with Crippen molar-refractivity contribution in [3.8, 4) is 23.3 Å². The first-order valence-electron chi connectivity index (χ1n) is 13.6. The Kier molecular flexibility index (Phi) is 8.95. The van der Waals surface area contributed by atoms with E-state index in [1.165, 1.54) is 0 Å². The summed E-state index contributed by atoms with van der Waals surface area (Å²) in [6.45, 7) is 11.2. The molecule has 0 fully saturated rings. The van der Waals surface area contributed by atoms with Crippen LogP contribution in [0.2, 0.25) is 0 Å². The Morgan fingerprint density at radius 1 is 0.929 bits per heavy atom. The van der Waals surface area contributed by atoms with E-state index in [4.69, 9.17) is 6.57 Å². The molecule has 3 aromatic carbocycles. The first-order valence-corrected chi connectivity index (χ1v) is 14.4. The summed E-state index contributed by atoms with van der Waals surface area (Å²) in [6.07, 6.45) is 8.74. The van der Waals surface area contributed by atoms with E-state index in [0.29, 0.717) is 11.1 Å². The molecule has 1 aromatic heterocycles. The van der Waals surface area contributed by atoms with E-state index in [1.54, 1.807) is 17.8 Å². The maximum Gasteiger partial charge on any atom is 0.270 e. The number of nitriles is 2. The zero-order chi connectivity index (χ0) is 29.3. The van der Waals surface area contributed by atoms with E-state index in [2.05, 4.69) is 63.1 Å². The molecule has 5 nitrogen and oxygen atoms in total. The number of benzene rings is 3. The van der Waals surface area contributed by atoms with Gasteiger partial charge in [-0.1, -0.05) is 84.1 Å². The summed E-state index contributed by atoms with van der Waals surface area (Å²) < 4.78 is 2.17. The topological polar surface area (TPSA) is 59.1 Å². The average Bonchev–Trinajstić information content (AvgIpc) is 3.39. The van der Waals surface area contributed by atoms with Crippen LogP contribution in [0, 0.1) is 36.2 Å². The van der Waals surface area contributed by atoms with Crippen molar-refractivity contribution in [2.24, 2.45) is 0 Å². The van der Waals surface area contributed by atoms with Gasteiger partial charge in [0, 0.05) is 35.6 Å². The fourth-order valence-electron chi connectivity index (χ4n) is 4.87. The molecule has 2 heterocycles. The van der Waals surface area contributed by atoms with Crippen LogP contribution in [0.1, 0.15) is 17.5 Å². The molecule has 0 aliphatic carbocycles. The highest BCUT2D eigenvalue weighted by atomic mass is 32.2. The van der Waals surface area contributed by atoms with Gasteiger partial charge in [0.2, 0.25) is 0 Å². The predicted molar refractivity (Wildman–Crippen MR) is 168 cm³/mol. The monoisotopic (exact) mass is 562 g/mol. The van der Waals surface area contributed by atoms with Gasteiger partial charge in [-0.3, -0.25) is 0 Å². The minimum absolute atomic E-state index is 0.100. The maximum atomic E-state index is 10.2. The van der Waals surface area contributed by atoms with E-state index in [9.17, 15) is 10.5 Å². The molecule has 4 aromatic rings. The standard InChI is InChI=1S/C36H28N5S/c1-27-12-14-29(15-13-27)36(32(26-38)39-2)31(25-37)17-19-35-41(23-9-22-40-20-7-4-8-21-40)33-24-30(16-18-34(33)42-35)28-10-5-3-6-11-28/h3-8,10-21,24H,9,22-23H2,1H3/q+1/b31-17?,35-19?,36-32-. The second-order valence-electron chi connectivity index (χ2n) is 9.78. The van der Waals surface area contributed by atoms with Crippen molar-refractivity contribution in [1.29, 1.82) is 10.5 Å². The third-order valence-corrected chi connectivity index (χ3v) is 8.12. The average molecular weight is 563 g/mol. The van der Waals surface area contributed by atoms with Crippen molar-refractivity contribution in [2.75, 3.05) is 11.4 Å². The number of hydrogen-bond donors (Lipinski definition) is 0. The summed E-state index contributed by atoms with van der Waals surface area (Å²) >= 11 is 1.66. The highest BCUT2D eigenvalue weighted by molar-refractivity contribution is 8.03. The van der Waals surface area contributed by atoms with E-state index >= 15 is 0 Å². The second kappa shape index (κ2) is 13.3. The fraction of sp³-hybridized carbons (Fsp3) is 0.111. The minimum atomic E-state index is -0.100. The van der Waals surface area contributed by atoms with Crippen molar-refractivity contribution < 1.29 is 4.57 Å². The second-order valence-corrected chi connectivity index (χ2v) is 10.8. The number of nitrogens with zero attached hydrogens (tertiary/aromatic N) is 5. The zero-order valence-corrected chi connectivity index (χ0v) is 24.1. The van der Waals surface area contributed by atoms with Gasteiger partial charge in [-0.2, -0.15) is 5.26 Å². The molecule has 202 valence electrons. The highest BCUT2D eigenvalue weighted by Gasteiger charge is 2.26. The van der Waals surface area contributed by atoms with E-state index in [0.717, 1.165) is 51.8 Å². The molecule has 6 heteroatoms. The molecule has 1 aliphatic rings. The summed E-state index contributed by atoms with van der Waals surface area (Å²) in [5.41, 5.74) is 5.69. The number of pyridine rings is 1. The van der Waals surface area contributed by atoms with Gasteiger partial charge in [-0.25, -0.2) is 14.7 Å². The molecule has 0 N–H and O–H groups in total. The SMILES string of the molecule is [C-]#[N+]/C(C#N)=C(\C(C#N)=CC=C1Sc2ccc(-c3ccccc3)cc2N1CCC[n+]1ccccc1)c1ccc(C)cc1. The molecule has 0 atom stereocenters. The highest BCUT2D eigenvalue weighted by Crippen LogP contribution is 2.47. The smallest absolute Gasteiger partial charge is 0.270 e. The van der Waals surface area contributed by atoms with Crippen LogP contribution in [0.5, 0.6) is 0 Å². The van der Waals surface area contributed by atoms with Crippen LogP contribution >= 0.6 is 11.8 Å². The zero-order valence-electron chi connectivity index (χ0n) is 23.2. The number of thioether (sulfide) groups is 1. The molecule has 0 unspecified atom stereocenters. The Morgan fingerprint density at radius 2 is 1.67 bits per heavy atom. The molecule has 42 heavy (non-hydrogen) atoms. The van der Waals surface area contributed by atoms with Gasteiger partial charge in [0.15, 0.2) is 12.4 Å². The van der Waals surface area contributed by atoms with E-state index < -0.39 is 0 Å². The number of fused-ring (bicyclic) bond motifs is 1. The Labute approximate surface area is 251 Å². The largest absolute Gasteiger partial charge is 0.335 e. The number of aromatic nitrogens is 1. The molecular formula is C36H28N5S+. The number of hydrogen-bond acceptors (Lipinski definition) is 4. The molecular weight excluding hydrogens is 534 g/mol. The number of aryl methyl sites for hydroxylation is 2. The molecule has 0 saturated heterocycles. The lowest BCUT2D eigenvalue weighted by Gasteiger charge is -2.20. The Morgan fingerprint density at radius 3 is 2.36 bits per heavy atom. The minimum Gasteiger partial charge on any atom is -0.335 e. The molecule has 0 spiro atoms. The molecule has 0 saturated carbocycles. The molecule has 0 amide bonds. The van der Waals surface area contributed by atoms with Gasteiger partial charge < -0.3 is 4.90 Å². The van der Waals surface area contributed by atoms with Crippen molar-refractivity contribution in [2.45, 2.75) is 24.8 Å². The molecule has 5 rings (SSSR count). The van der Waals surface area contributed by atoms with Gasteiger partial charge in [-0.05, 0) is 47.9 Å². The van der Waals surface area contributed by atoms with Gasteiger partial charge in [0.25, 0.3) is 5.70 Å². The molecule has 0 radical (unpaired) electrons. The first kappa shape index (κ1) is 28.2. The van der Waals surface area contributed by atoms with Gasteiger partial charge in [0.1, 0.15) is 6.54 Å². The lowest BCUT2D eigenvalue weighted by Crippen LogP contribution is -2.34. The van der Waals surface area contributed by atoms with Crippen molar-refractivity contribution in [3.63, 3.8) is 0 Å².